The molecule has 64 heavy (non-hydrogen) atoms. The van der Waals surface area contributed by atoms with Crippen LogP contribution in [-0.4, -0.2) is 37.9 Å². The van der Waals surface area contributed by atoms with Crippen LogP contribution in [0.25, 0.3) is 0 Å². The molecular formula is C59H96O5. The largest absolute Gasteiger partial charge is 0.462 e. The van der Waals surface area contributed by atoms with Crippen molar-refractivity contribution in [3.8, 4) is 0 Å². The van der Waals surface area contributed by atoms with Crippen LogP contribution in [0.5, 0.6) is 0 Å². The standard InChI is InChI=1S/C59H96O5/c1-4-7-10-13-16-19-22-25-28-30-32-34-37-40-43-46-49-52-58(60)63-56-57(55-62-54-51-48-45-42-39-36-33-29-26-23-20-17-14-11-8-5-2)64-59(61)53-50-47-44-41-38-35-31-27-24-21-18-15-12-9-6-3/h7-8,10-11,16-21,25-29,31,36,39,45,48,57H,4-6,9,12-15,22-24,30,32-35,37-38,40-44,46-47,49-56H2,1-3H3/b10-7-,11-8-,19-16-,20-17-,21-18-,28-25-,29-26-,31-27-,39-36-,48-45-. The molecule has 0 aliphatic heterocycles. The number of unbranched alkanes of at least 4 members (excludes halogenated alkanes) is 15. The zero-order chi connectivity index (χ0) is 46.3. The molecule has 0 radical (unpaired) electrons. The number of esters is 2. The van der Waals surface area contributed by atoms with Crippen molar-refractivity contribution in [1.29, 1.82) is 0 Å². The van der Waals surface area contributed by atoms with Crippen molar-refractivity contribution in [2.45, 2.75) is 219 Å². The third-order valence-corrected chi connectivity index (χ3v) is 10.5. The Balaban J connectivity index is 4.44. The number of carbonyl (C=O) groups is 2. The lowest BCUT2D eigenvalue weighted by Gasteiger charge is -2.18. The summed E-state index contributed by atoms with van der Waals surface area (Å²) in [5.41, 5.74) is 0. The van der Waals surface area contributed by atoms with Crippen LogP contribution in [0.2, 0.25) is 0 Å². The minimum Gasteiger partial charge on any atom is -0.462 e. The zero-order valence-corrected chi connectivity index (χ0v) is 41.5. The molecule has 0 aromatic carbocycles. The lowest BCUT2D eigenvalue weighted by Crippen LogP contribution is -2.30. The summed E-state index contributed by atoms with van der Waals surface area (Å²) in [6.45, 7) is 7.33. The fraction of sp³-hybridized carbons (Fsp3) is 0.627. The maximum absolute atomic E-state index is 12.8. The van der Waals surface area contributed by atoms with E-state index in [1.54, 1.807) is 0 Å². The molecule has 5 heteroatoms. The maximum atomic E-state index is 12.8. The number of ether oxygens (including phenoxy) is 3. The van der Waals surface area contributed by atoms with E-state index in [1.165, 1.54) is 64.2 Å². The highest BCUT2D eigenvalue weighted by Crippen LogP contribution is 2.13. The van der Waals surface area contributed by atoms with Gasteiger partial charge in [0.15, 0.2) is 6.10 Å². The number of hydrogen-bond donors (Lipinski definition) is 0. The van der Waals surface area contributed by atoms with Crippen molar-refractivity contribution in [3.05, 3.63) is 122 Å². The van der Waals surface area contributed by atoms with E-state index in [-0.39, 0.29) is 25.2 Å². The lowest BCUT2D eigenvalue weighted by molar-refractivity contribution is -0.162. The molecular weight excluding hydrogens is 789 g/mol. The molecule has 0 aromatic rings. The third-order valence-electron chi connectivity index (χ3n) is 10.5. The van der Waals surface area contributed by atoms with Gasteiger partial charge in [-0.1, -0.05) is 206 Å². The van der Waals surface area contributed by atoms with Gasteiger partial charge in [0.25, 0.3) is 0 Å². The number of carbonyl (C=O) groups excluding carboxylic acids is 2. The van der Waals surface area contributed by atoms with Gasteiger partial charge in [0.2, 0.25) is 0 Å². The first kappa shape index (κ1) is 60.3. The van der Waals surface area contributed by atoms with Crippen LogP contribution in [0.4, 0.5) is 0 Å². The van der Waals surface area contributed by atoms with Crippen molar-refractivity contribution in [2.75, 3.05) is 19.8 Å². The van der Waals surface area contributed by atoms with Gasteiger partial charge in [0.1, 0.15) is 6.61 Å². The third kappa shape index (κ3) is 50.9. The Morgan fingerprint density at radius 3 is 1.12 bits per heavy atom. The summed E-state index contributed by atoms with van der Waals surface area (Å²) in [4.78, 5) is 25.4. The lowest BCUT2D eigenvalue weighted by atomic mass is 10.1. The molecule has 0 saturated heterocycles. The Morgan fingerprint density at radius 2 is 0.703 bits per heavy atom. The van der Waals surface area contributed by atoms with Gasteiger partial charge in [0.05, 0.1) is 13.2 Å². The van der Waals surface area contributed by atoms with E-state index in [1.807, 2.05) is 0 Å². The molecule has 1 atom stereocenters. The first-order valence-electron chi connectivity index (χ1n) is 26.1. The smallest absolute Gasteiger partial charge is 0.306 e. The van der Waals surface area contributed by atoms with E-state index in [9.17, 15) is 9.59 Å². The van der Waals surface area contributed by atoms with Crippen LogP contribution in [0, 0.1) is 0 Å². The molecule has 1 unspecified atom stereocenters. The average Bonchev–Trinajstić information content (AvgIpc) is 3.30. The first-order chi connectivity index (χ1) is 31.6. The van der Waals surface area contributed by atoms with Crippen molar-refractivity contribution in [3.63, 3.8) is 0 Å². The molecule has 0 bridgehead atoms. The Kier molecular flexibility index (Phi) is 50.5. The highest BCUT2D eigenvalue weighted by atomic mass is 16.6. The summed E-state index contributed by atoms with van der Waals surface area (Å²) in [6.07, 6.45) is 75.1. The predicted molar refractivity (Wildman–Crippen MR) is 279 cm³/mol. The summed E-state index contributed by atoms with van der Waals surface area (Å²) in [7, 11) is 0. The molecule has 0 rings (SSSR count). The molecule has 0 aliphatic carbocycles. The Morgan fingerprint density at radius 1 is 0.359 bits per heavy atom. The number of rotatable bonds is 46. The van der Waals surface area contributed by atoms with E-state index in [2.05, 4.69) is 142 Å². The van der Waals surface area contributed by atoms with Crippen LogP contribution < -0.4 is 0 Å². The van der Waals surface area contributed by atoms with Crippen molar-refractivity contribution < 1.29 is 23.8 Å². The minimum absolute atomic E-state index is 0.0371. The van der Waals surface area contributed by atoms with Crippen LogP contribution >= 0.6 is 0 Å². The minimum atomic E-state index is -0.595. The molecule has 5 nitrogen and oxygen atoms in total. The molecule has 362 valence electrons. The summed E-state index contributed by atoms with van der Waals surface area (Å²) in [6, 6.07) is 0. The van der Waals surface area contributed by atoms with Gasteiger partial charge in [-0.2, -0.15) is 0 Å². The maximum Gasteiger partial charge on any atom is 0.306 e. The van der Waals surface area contributed by atoms with E-state index >= 15 is 0 Å². The Hall–Kier alpha value is -3.70. The second kappa shape index (κ2) is 53.6. The Labute approximate surface area is 395 Å². The zero-order valence-electron chi connectivity index (χ0n) is 41.5. The van der Waals surface area contributed by atoms with Gasteiger partial charge in [-0.3, -0.25) is 9.59 Å². The monoisotopic (exact) mass is 885 g/mol. The normalized spacial score (nSPS) is 13.2. The molecule has 0 saturated carbocycles. The highest BCUT2D eigenvalue weighted by molar-refractivity contribution is 5.70. The van der Waals surface area contributed by atoms with Crippen LogP contribution in [0.1, 0.15) is 213 Å². The average molecular weight is 885 g/mol. The summed E-state index contributed by atoms with van der Waals surface area (Å²) >= 11 is 0. The van der Waals surface area contributed by atoms with Crippen molar-refractivity contribution in [1.82, 2.24) is 0 Å². The fourth-order valence-electron chi connectivity index (χ4n) is 6.68. The van der Waals surface area contributed by atoms with E-state index in [0.717, 1.165) is 116 Å². The van der Waals surface area contributed by atoms with Gasteiger partial charge in [-0.05, 0) is 116 Å². The SMILES string of the molecule is CC/C=C\C/C=C\C/C=C\C/C=C\C/C=C\CCOCC(COC(=O)CCCCCCCCC/C=C\C/C=C\C/C=C\CC)OC(=O)CCCCCCC/C=C\C/C=C\CCCCC. The van der Waals surface area contributed by atoms with Crippen LogP contribution in [0.3, 0.4) is 0 Å². The quantitative estimate of drug-likeness (QED) is 0.0346. The number of hydrogen-bond acceptors (Lipinski definition) is 5. The van der Waals surface area contributed by atoms with Gasteiger partial charge in [0, 0.05) is 12.8 Å². The molecule has 0 spiro atoms. The van der Waals surface area contributed by atoms with Crippen LogP contribution in [0.15, 0.2) is 122 Å². The molecule has 0 fully saturated rings. The van der Waals surface area contributed by atoms with Gasteiger partial charge in [-0.15, -0.1) is 0 Å². The molecule has 0 heterocycles. The van der Waals surface area contributed by atoms with E-state index in [4.69, 9.17) is 14.2 Å². The predicted octanol–water partition coefficient (Wildman–Crippen LogP) is 17.8. The van der Waals surface area contributed by atoms with Crippen molar-refractivity contribution >= 4 is 11.9 Å². The van der Waals surface area contributed by atoms with Crippen LogP contribution in [-0.2, 0) is 23.8 Å². The van der Waals surface area contributed by atoms with E-state index < -0.39 is 6.10 Å². The topological polar surface area (TPSA) is 61.8 Å². The van der Waals surface area contributed by atoms with Gasteiger partial charge >= 0.3 is 11.9 Å². The van der Waals surface area contributed by atoms with Gasteiger partial charge < -0.3 is 14.2 Å². The molecule has 0 N–H and O–H groups in total. The van der Waals surface area contributed by atoms with E-state index in [0.29, 0.717) is 19.4 Å². The number of allylic oxidation sites excluding steroid dienone is 19. The summed E-state index contributed by atoms with van der Waals surface area (Å²) in [5, 5.41) is 0. The summed E-state index contributed by atoms with van der Waals surface area (Å²) < 4.78 is 17.3. The van der Waals surface area contributed by atoms with Crippen molar-refractivity contribution in [2.24, 2.45) is 0 Å². The van der Waals surface area contributed by atoms with Gasteiger partial charge in [-0.25, -0.2) is 0 Å². The second-order valence-corrected chi connectivity index (χ2v) is 16.7. The Bertz CT molecular complexity index is 1320. The molecule has 0 aliphatic rings. The summed E-state index contributed by atoms with van der Waals surface area (Å²) in [5.74, 6) is -0.472. The molecule has 0 amide bonds. The second-order valence-electron chi connectivity index (χ2n) is 16.7. The fourth-order valence-corrected chi connectivity index (χ4v) is 6.68. The first-order valence-corrected chi connectivity index (χ1v) is 26.1. The molecule has 0 aromatic heterocycles. The highest BCUT2D eigenvalue weighted by Gasteiger charge is 2.17.